The lowest BCUT2D eigenvalue weighted by atomic mass is 10.1. The summed E-state index contributed by atoms with van der Waals surface area (Å²) in [7, 11) is 0. The number of hydrogen-bond acceptors (Lipinski definition) is 1. The van der Waals surface area contributed by atoms with Gasteiger partial charge in [-0.25, -0.2) is 0 Å². The van der Waals surface area contributed by atoms with Crippen molar-refractivity contribution >= 4 is 35.0 Å². The molecular formula is C14H16Cl2O2. The van der Waals surface area contributed by atoms with E-state index in [2.05, 4.69) is 0 Å². The van der Waals surface area contributed by atoms with Gasteiger partial charge in [0.15, 0.2) is 0 Å². The molecule has 2 atom stereocenters. The van der Waals surface area contributed by atoms with E-state index >= 15 is 0 Å². The standard InChI is InChI=1S/C14H15ClO2.ClH/c1-14(2)10(12(14)13(16)17)8-11(15)9-6-4-3-5-7-9;/h3-8,10,12H,1-2H3,(H,16,17);1H. The number of halogens is 2. The highest BCUT2D eigenvalue weighted by Crippen LogP contribution is 2.59. The molecule has 0 aromatic heterocycles. The van der Waals surface area contributed by atoms with Gasteiger partial charge in [0, 0.05) is 5.03 Å². The molecule has 0 amide bonds. The lowest BCUT2D eigenvalue weighted by Crippen LogP contribution is -2.03. The monoisotopic (exact) mass is 286 g/mol. The summed E-state index contributed by atoms with van der Waals surface area (Å²) in [6.45, 7) is 3.92. The first kappa shape index (κ1) is 15.1. The van der Waals surface area contributed by atoms with E-state index < -0.39 is 5.97 Å². The molecule has 2 nitrogen and oxygen atoms in total. The summed E-state index contributed by atoms with van der Waals surface area (Å²) >= 11 is 6.21. The number of allylic oxidation sites excluding steroid dienone is 1. The van der Waals surface area contributed by atoms with Crippen molar-refractivity contribution in [3.05, 3.63) is 42.0 Å². The predicted molar refractivity (Wildman–Crippen MR) is 75.9 cm³/mol. The van der Waals surface area contributed by atoms with Crippen molar-refractivity contribution in [3.63, 3.8) is 0 Å². The second-order valence-electron chi connectivity index (χ2n) is 5.04. The Bertz CT molecular complexity index is 466. The average molecular weight is 287 g/mol. The van der Waals surface area contributed by atoms with E-state index in [0.717, 1.165) is 5.56 Å². The third kappa shape index (κ3) is 2.70. The van der Waals surface area contributed by atoms with Gasteiger partial charge in [0.1, 0.15) is 0 Å². The van der Waals surface area contributed by atoms with E-state index in [0.29, 0.717) is 5.03 Å². The van der Waals surface area contributed by atoms with Gasteiger partial charge in [-0.2, -0.15) is 0 Å². The SMILES string of the molecule is CC1(C)C(C=C(Cl)c2ccccc2)C1C(=O)O.Cl. The molecule has 1 aromatic rings. The smallest absolute Gasteiger partial charge is 0.307 e. The van der Waals surface area contributed by atoms with Gasteiger partial charge in [-0.15, -0.1) is 12.4 Å². The first-order valence-corrected chi connectivity index (χ1v) is 5.98. The van der Waals surface area contributed by atoms with Gasteiger partial charge < -0.3 is 5.11 Å². The van der Waals surface area contributed by atoms with Crippen LogP contribution in [-0.4, -0.2) is 11.1 Å². The first-order valence-electron chi connectivity index (χ1n) is 5.60. The van der Waals surface area contributed by atoms with Crippen molar-refractivity contribution < 1.29 is 9.90 Å². The summed E-state index contributed by atoms with van der Waals surface area (Å²) < 4.78 is 0. The molecule has 1 saturated carbocycles. The second kappa shape index (κ2) is 5.33. The molecule has 0 aliphatic heterocycles. The van der Waals surface area contributed by atoms with Crippen LogP contribution < -0.4 is 0 Å². The highest BCUT2D eigenvalue weighted by atomic mass is 35.5. The highest BCUT2D eigenvalue weighted by Gasteiger charge is 2.60. The summed E-state index contributed by atoms with van der Waals surface area (Å²) in [6.07, 6.45) is 1.87. The number of carboxylic acid groups (broad SMARTS) is 1. The molecule has 98 valence electrons. The maximum absolute atomic E-state index is 11.0. The molecule has 2 unspecified atom stereocenters. The van der Waals surface area contributed by atoms with Gasteiger partial charge in [0.05, 0.1) is 5.92 Å². The van der Waals surface area contributed by atoms with Crippen molar-refractivity contribution in [1.82, 2.24) is 0 Å². The van der Waals surface area contributed by atoms with Gasteiger partial charge in [-0.3, -0.25) is 4.79 Å². The zero-order valence-corrected chi connectivity index (χ0v) is 11.8. The zero-order chi connectivity index (χ0) is 12.6. The number of carboxylic acids is 1. The molecule has 1 aliphatic rings. The van der Waals surface area contributed by atoms with Crippen LogP contribution >= 0.6 is 24.0 Å². The van der Waals surface area contributed by atoms with Crippen LogP contribution in [0.15, 0.2) is 36.4 Å². The van der Waals surface area contributed by atoms with Crippen molar-refractivity contribution in [3.8, 4) is 0 Å². The summed E-state index contributed by atoms with van der Waals surface area (Å²) in [6, 6.07) is 9.60. The van der Waals surface area contributed by atoms with Crippen LogP contribution in [0.5, 0.6) is 0 Å². The number of rotatable bonds is 3. The van der Waals surface area contributed by atoms with Crippen molar-refractivity contribution in [2.45, 2.75) is 13.8 Å². The molecule has 0 bridgehead atoms. The van der Waals surface area contributed by atoms with Gasteiger partial charge in [-0.1, -0.05) is 61.9 Å². The topological polar surface area (TPSA) is 37.3 Å². The van der Waals surface area contributed by atoms with Crippen molar-refractivity contribution in [2.24, 2.45) is 17.3 Å². The number of carbonyl (C=O) groups is 1. The summed E-state index contributed by atoms with van der Waals surface area (Å²) in [5.74, 6) is -1.04. The minimum atomic E-state index is -0.742. The van der Waals surface area contributed by atoms with Crippen LogP contribution in [0.2, 0.25) is 0 Å². The fraction of sp³-hybridized carbons (Fsp3) is 0.357. The van der Waals surface area contributed by atoms with Crippen LogP contribution in [0.1, 0.15) is 19.4 Å². The van der Waals surface area contributed by atoms with Crippen LogP contribution in [0.3, 0.4) is 0 Å². The Hall–Kier alpha value is -0.990. The molecular weight excluding hydrogens is 271 g/mol. The average Bonchev–Trinajstić information content (AvgIpc) is 2.81. The summed E-state index contributed by atoms with van der Waals surface area (Å²) in [4.78, 5) is 11.0. The Labute approximate surface area is 118 Å². The molecule has 1 fully saturated rings. The summed E-state index contributed by atoms with van der Waals surface area (Å²) in [5.41, 5.74) is 0.738. The highest BCUT2D eigenvalue weighted by molar-refractivity contribution is 6.48. The molecule has 0 saturated heterocycles. The minimum Gasteiger partial charge on any atom is -0.481 e. The maximum atomic E-state index is 11.0. The van der Waals surface area contributed by atoms with Crippen molar-refractivity contribution in [2.75, 3.05) is 0 Å². The molecule has 0 heterocycles. The Morgan fingerprint density at radius 2 is 1.89 bits per heavy atom. The molecule has 1 aliphatic carbocycles. The third-order valence-electron chi connectivity index (χ3n) is 3.55. The molecule has 18 heavy (non-hydrogen) atoms. The van der Waals surface area contributed by atoms with Crippen molar-refractivity contribution in [1.29, 1.82) is 0 Å². The zero-order valence-electron chi connectivity index (χ0n) is 10.3. The Morgan fingerprint density at radius 3 is 2.33 bits per heavy atom. The lowest BCUT2D eigenvalue weighted by Gasteiger charge is -2.00. The van der Waals surface area contributed by atoms with Gasteiger partial charge in [0.2, 0.25) is 0 Å². The largest absolute Gasteiger partial charge is 0.481 e. The molecule has 2 rings (SSSR count). The molecule has 1 N–H and O–H groups in total. The Morgan fingerprint density at radius 1 is 1.33 bits per heavy atom. The van der Waals surface area contributed by atoms with E-state index in [9.17, 15) is 4.79 Å². The third-order valence-corrected chi connectivity index (χ3v) is 3.90. The summed E-state index contributed by atoms with van der Waals surface area (Å²) in [5, 5.41) is 9.70. The van der Waals surface area contributed by atoms with Crippen LogP contribution in [0.25, 0.3) is 5.03 Å². The number of hydrogen-bond donors (Lipinski definition) is 1. The predicted octanol–water partition coefficient (Wildman–Crippen LogP) is 4.04. The Kier molecular flexibility index (Phi) is 4.46. The number of benzene rings is 1. The van der Waals surface area contributed by atoms with E-state index in [4.69, 9.17) is 16.7 Å². The van der Waals surface area contributed by atoms with E-state index in [1.54, 1.807) is 0 Å². The van der Waals surface area contributed by atoms with Gasteiger partial charge in [0.25, 0.3) is 0 Å². The maximum Gasteiger partial charge on any atom is 0.307 e. The molecule has 0 radical (unpaired) electrons. The van der Waals surface area contributed by atoms with Crippen LogP contribution in [0, 0.1) is 17.3 Å². The van der Waals surface area contributed by atoms with E-state index in [1.165, 1.54) is 0 Å². The van der Waals surface area contributed by atoms with E-state index in [-0.39, 0.29) is 29.7 Å². The number of aliphatic carboxylic acids is 1. The van der Waals surface area contributed by atoms with Gasteiger partial charge >= 0.3 is 5.97 Å². The second-order valence-corrected chi connectivity index (χ2v) is 5.45. The minimum absolute atomic E-state index is 0. The van der Waals surface area contributed by atoms with Gasteiger partial charge in [-0.05, 0) is 16.9 Å². The fourth-order valence-corrected chi connectivity index (χ4v) is 2.57. The van der Waals surface area contributed by atoms with E-state index in [1.807, 2.05) is 50.3 Å². The molecule has 4 heteroatoms. The van der Waals surface area contributed by atoms with Crippen LogP contribution in [0.4, 0.5) is 0 Å². The first-order chi connectivity index (χ1) is 7.94. The Balaban J connectivity index is 0.00000162. The van der Waals surface area contributed by atoms with Crippen LogP contribution in [-0.2, 0) is 4.79 Å². The normalized spacial score (nSPS) is 25.2. The fourth-order valence-electron chi connectivity index (χ4n) is 2.31. The molecule has 0 spiro atoms. The quantitative estimate of drug-likeness (QED) is 0.910. The molecule has 1 aromatic carbocycles. The lowest BCUT2D eigenvalue weighted by molar-refractivity contribution is -0.139.